The minimum absolute atomic E-state index is 0. The molecule has 6 nitrogen and oxygen atoms in total. The molecule has 1 aromatic carbocycles. The van der Waals surface area contributed by atoms with Crippen LogP contribution in [0.25, 0.3) is 0 Å². The summed E-state index contributed by atoms with van der Waals surface area (Å²) in [6, 6.07) is 5.53. The smallest absolute Gasteiger partial charge is 0.283 e. The number of carbonyl (C=O) groups excluding carboxylic acids is 1. The van der Waals surface area contributed by atoms with Crippen molar-refractivity contribution < 1.29 is 9.72 Å². The van der Waals surface area contributed by atoms with Gasteiger partial charge in [0.15, 0.2) is 0 Å². The molecule has 2 atom stereocenters. The van der Waals surface area contributed by atoms with Gasteiger partial charge in [-0.05, 0) is 37.8 Å². The summed E-state index contributed by atoms with van der Waals surface area (Å²) in [5.74, 6) is -0.361. The van der Waals surface area contributed by atoms with Crippen LogP contribution in [0.4, 0.5) is 5.69 Å². The number of nitrogens with one attached hydrogen (secondary N) is 2. The van der Waals surface area contributed by atoms with Crippen LogP contribution < -0.4 is 10.6 Å². The molecule has 8 heteroatoms. The maximum Gasteiger partial charge on any atom is 0.283 e. The lowest BCUT2D eigenvalue weighted by molar-refractivity contribution is -0.385. The summed E-state index contributed by atoms with van der Waals surface area (Å²) in [7, 11) is 0. The van der Waals surface area contributed by atoms with Crippen molar-refractivity contribution in [2.24, 2.45) is 0 Å². The first kappa shape index (κ1) is 17.2. The van der Waals surface area contributed by atoms with Gasteiger partial charge in [0, 0.05) is 28.7 Å². The van der Waals surface area contributed by atoms with E-state index in [0.717, 1.165) is 25.7 Å². The number of carbonyl (C=O) groups is 1. The highest BCUT2D eigenvalue weighted by atomic mass is 79.9. The number of hydrogen-bond donors (Lipinski definition) is 2. The second kappa shape index (κ2) is 6.93. The Labute approximate surface area is 142 Å². The number of amides is 1. The molecule has 0 radical (unpaired) electrons. The third kappa shape index (κ3) is 3.59. The van der Waals surface area contributed by atoms with Gasteiger partial charge in [0.25, 0.3) is 11.6 Å². The standard InChI is InChI=1S/C14H16BrN3O3.ClH/c15-8-1-4-12(13(5-8)18(20)21)14(19)17-11-6-9-2-3-10(7-11)16-9;/h1,4-5,9-11,16H,2-3,6-7H2,(H,17,19);1H. The molecule has 2 bridgehead atoms. The number of piperidine rings is 1. The number of nitro benzene ring substituents is 1. The number of fused-ring (bicyclic) bond motifs is 2. The zero-order valence-electron chi connectivity index (χ0n) is 11.8. The van der Waals surface area contributed by atoms with Crippen LogP contribution in [-0.2, 0) is 0 Å². The average molecular weight is 391 g/mol. The molecule has 0 aromatic heterocycles. The quantitative estimate of drug-likeness (QED) is 0.614. The third-order valence-corrected chi connectivity index (χ3v) is 4.70. The predicted molar refractivity (Wildman–Crippen MR) is 88.5 cm³/mol. The molecule has 22 heavy (non-hydrogen) atoms. The van der Waals surface area contributed by atoms with E-state index in [0.29, 0.717) is 16.6 Å². The molecular formula is C14H17BrClN3O3. The number of nitrogens with zero attached hydrogens (tertiary/aromatic N) is 1. The van der Waals surface area contributed by atoms with Crippen molar-refractivity contribution >= 4 is 39.9 Å². The first-order chi connectivity index (χ1) is 10.0. The lowest BCUT2D eigenvalue weighted by Gasteiger charge is -2.29. The van der Waals surface area contributed by atoms with E-state index in [4.69, 9.17) is 0 Å². The first-order valence-corrected chi connectivity index (χ1v) is 7.83. The van der Waals surface area contributed by atoms with Crippen LogP contribution in [0.5, 0.6) is 0 Å². The molecule has 0 spiro atoms. The van der Waals surface area contributed by atoms with E-state index < -0.39 is 4.92 Å². The molecule has 2 fully saturated rings. The highest BCUT2D eigenvalue weighted by Crippen LogP contribution is 2.28. The summed E-state index contributed by atoms with van der Waals surface area (Å²) >= 11 is 3.19. The molecule has 2 heterocycles. The van der Waals surface area contributed by atoms with E-state index in [2.05, 4.69) is 26.6 Å². The van der Waals surface area contributed by atoms with Crippen LogP contribution in [-0.4, -0.2) is 29.0 Å². The molecule has 0 aliphatic carbocycles. The molecule has 2 aliphatic rings. The van der Waals surface area contributed by atoms with Crippen molar-refractivity contribution in [2.45, 2.75) is 43.8 Å². The summed E-state index contributed by atoms with van der Waals surface area (Å²) in [4.78, 5) is 22.9. The minimum atomic E-state index is -0.522. The van der Waals surface area contributed by atoms with Gasteiger partial charge in [0.1, 0.15) is 5.56 Å². The fraction of sp³-hybridized carbons (Fsp3) is 0.500. The van der Waals surface area contributed by atoms with Crippen molar-refractivity contribution in [3.63, 3.8) is 0 Å². The molecule has 2 unspecified atom stereocenters. The lowest BCUT2D eigenvalue weighted by atomic mass is 9.99. The Bertz CT molecular complexity index is 587. The van der Waals surface area contributed by atoms with Crippen molar-refractivity contribution in [3.8, 4) is 0 Å². The largest absolute Gasteiger partial charge is 0.349 e. The normalized spacial score (nSPS) is 26.1. The molecule has 1 amide bonds. The predicted octanol–water partition coefficient (Wildman–Crippen LogP) is 2.79. The average Bonchev–Trinajstić information content (AvgIpc) is 2.77. The van der Waals surface area contributed by atoms with Gasteiger partial charge in [-0.3, -0.25) is 14.9 Å². The van der Waals surface area contributed by atoms with E-state index in [1.165, 1.54) is 12.1 Å². The number of benzene rings is 1. The number of nitro groups is 1. The summed E-state index contributed by atoms with van der Waals surface area (Å²) in [5, 5.41) is 17.5. The van der Waals surface area contributed by atoms with Crippen LogP contribution in [0.1, 0.15) is 36.0 Å². The summed E-state index contributed by atoms with van der Waals surface area (Å²) in [5.41, 5.74) is -0.0483. The minimum Gasteiger partial charge on any atom is -0.349 e. The number of halogens is 2. The molecule has 2 N–H and O–H groups in total. The Balaban J connectivity index is 0.00000176. The summed E-state index contributed by atoms with van der Waals surface area (Å²) in [6.45, 7) is 0. The van der Waals surface area contributed by atoms with E-state index in [-0.39, 0.29) is 35.6 Å². The van der Waals surface area contributed by atoms with Crippen molar-refractivity contribution in [3.05, 3.63) is 38.3 Å². The second-order valence-corrected chi connectivity index (χ2v) is 6.61. The summed E-state index contributed by atoms with van der Waals surface area (Å²) < 4.78 is 0.589. The van der Waals surface area contributed by atoms with Crippen LogP contribution >= 0.6 is 28.3 Å². The Morgan fingerprint density at radius 3 is 2.55 bits per heavy atom. The maximum atomic E-state index is 12.3. The second-order valence-electron chi connectivity index (χ2n) is 5.70. The van der Waals surface area contributed by atoms with Crippen LogP contribution in [0.2, 0.25) is 0 Å². The fourth-order valence-corrected chi connectivity index (χ4v) is 3.64. The van der Waals surface area contributed by atoms with Gasteiger partial charge in [-0.15, -0.1) is 12.4 Å². The van der Waals surface area contributed by atoms with Gasteiger partial charge < -0.3 is 10.6 Å². The van der Waals surface area contributed by atoms with Gasteiger partial charge >= 0.3 is 0 Å². The molecule has 120 valence electrons. The van der Waals surface area contributed by atoms with Gasteiger partial charge in [-0.1, -0.05) is 15.9 Å². The van der Waals surface area contributed by atoms with Gasteiger partial charge in [-0.25, -0.2) is 0 Å². The van der Waals surface area contributed by atoms with Crippen molar-refractivity contribution in [1.29, 1.82) is 0 Å². The zero-order valence-corrected chi connectivity index (χ0v) is 14.2. The zero-order chi connectivity index (χ0) is 15.0. The lowest BCUT2D eigenvalue weighted by Crippen LogP contribution is -2.48. The first-order valence-electron chi connectivity index (χ1n) is 7.04. The third-order valence-electron chi connectivity index (χ3n) is 4.21. The number of rotatable bonds is 3. The fourth-order valence-electron chi connectivity index (χ4n) is 3.29. The topological polar surface area (TPSA) is 84.3 Å². The van der Waals surface area contributed by atoms with E-state index >= 15 is 0 Å². The van der Waals surface area contributed by atoms with E-state index in [1.807, 2.05) is 0 Å². The number of hydrogen-bond acceptors (Lipinski definition) is 4. The Morgan fingerprint density at radius 2 is 1.95 bits per heavy atom. The Hall–Kier alpha value is -1.18. The van der Waals surface area contributed by atoms with Crippen molar-refractivity contribution in [1.82, 2.24) is 10.6 Å². The Kier molecular flexibility index (Phi) is 5.41. The van der Waals surface area contributed by atoms with E-state index in [9.17, 15) is 14.9 Å². The maximum absolute atomic E-state index is 12.3. The molecular weight excluding hydrogens is 374 g/mol. The Morgan fingerprint density at radius 1 is 1.32 bits per heavy atom. The monoisotopic (exact) mass is 389 g/mol. The molecule has 2 aliphatic heterocycles. The molecule has 0 saturated carbocycles. The highest BCUT2D eigenvalue weighted by molar-refractivity contribution is 9.10. The summed E-state index contributed by atoms with van der Waals surface area (Å²) in [6.07, 6.45) is 4.09. The molecule has 1 aromatic rings. The van der Waals surface area contributed by atoms with Gasteiger partial charge in [-0.2, -0.15) is 0 Å². The van der Waals surface area contributed by atoms with Gasteiger partial charge in [0.05, 0.1) is 4.92 Å². The van der Waals surface area contributed by atoms with E-state index in [1.54, 1.807) is 6.07 Å². The van der Waals surface area contributed by atoms with Crippen molar-refractivity contribution in [2.75, 3.05) is 0 Å². The van der Waals surface area contributed by atoms with Crippen LogP contribution in [0.3, 0.4) is 0 Å². The molecule has 3 rings (SSSR count). The van der Waals surface area contributed by atoms with Crippen LogP contribution in [0, 0.1) is 10.1 Å². The van der Waals surface area contributed by atoms with Crippen LogP contribution in [0.15, 0.2) is 22.7 Å². The highest BCUT2D eigenvalue weighted by Gasteiger charge is 2.34. The molecule has 2 saturated heterocycles. The van der Waals surface area contributed by atoms with Gasteiger partial charge in [0.2, 0.25) is 0 Å². The SMILES string of the molecule is Cl.O=C(NC1CC2CCC(C1)N2)c1ccc(Br)cc1[N+](=O)[O-].